The number of rotatable bonds is 5. The number of nitrogens with one attached hydrogen (secondary N) is 1. The summed E-state index contributed by atoms with van der Waals surface area (Å²) in [6.07, 6.45) is 1.63. The highest BCUT2D eigenvalue weighted by Crippen LogP contribution is 2.34. The smallest absolute Gasteiger partial charge is 0.265 e. The van der Waals surface area contributed by atoms with Crippen LogP contribution in [0, 0.1) is 5.82 Å². The molecule has 2 heterocycles. The zero-order chi connectivity index (χ0) is 24.4. The van der Waals surface area contributed by atoms with Crippen LogP contribution in [0.3, 0.4) is 0 Å². The lowest BCUT2D eigenvalue weighted by atomic mass is 9.99. The fourth-order valence-corrected chi connectivity index (χ4v) is 4.54. The molecule has 5 rings (SSSR count). The van der Waals surface area contributed by atoms with E-state index in [4.69, 9.17) is 4.74 Å². The predicted molar refractivity (Wildman–Crippen MR) is 130 cm³/mol. The minimum Gasteiger partial charge on any atom is -0.482 e. The first-order valence-corrected chi connectivity index (χ1v) is 11.5. The van der Waals surface area contributed by atoms with Crippen LogP contribution in [0.15, 0.2) is 66.7 Å². The molecule has 3 aromatic rings. The van der Waals surface area contributed by atoms with Gasteiger partial charge in [-0.1, -0.05) is 18.2 Å². The molecule has 0 atom stereocenters. The molecule has 1 N–H and O–H groups in total. The summed E-state index contributed by atoms with van der Waals surface area (Å²) in [5, 5.41) is 2.90. The topological polar surface area (TPSA) is 79.0 Å². The standard InChI is InChI=1S/C27H24FN3O4/c28-19-12-10-18(11-13-19)27(34)29-21-6-3-8-22-20(21)5-4-15-30(22)25(32)14-16-31-23-7-1-2-9-24(23)35-17-26(31)33/h1-3,6-13H,4-5,14-17H2,(H,29,34). The van der Waals surface area contributed by atoms with Gasteiger partial charge in [-0.3, -0.25) is 14.4 Å². The third kappa shape index (κ3) is 4.59. The Morgan fingerprint density at radius 3 is 2.57 bits per heavy atom. The number of ether oxygens (including phenoxy) is 1. The molecule has 0 aliphatic carbocycles. The number of anilines is 3. The minimum absolute atomic E-state index is 0.0468. The molecule has 35 heavy (non-hydrogen) atoms. The summed E-state index contributed by atoms with van der Waals surface area (Å²) in [6.45, 7) is 0.772. The highest BCUT2D eigenvalue weighted by Gasteiger charge is 2.28. The van der Waals surface area contributed by atoms with E-state index in [0.29, 0.717) is 35.7 Å². The van der Waals surface area contributed by atoms with E-state index < -0.39 is 5.82 Å². The van der Waals surface area contributed by atoms with Gasteiger partial charge in [0.05, 0.1) is 5.69 Å². The molecule has 8 heteroatoms. The Labute approximate surface area is 202 Å². The summed E-state index contributed by atoms with van der Waals surface area (Å²) in [4.78, 5) is 41.7. The van der Waals surface area contributed by atoms with E-state index in [-0.39, 0.29) is 37.3 Å². The molecule has 0 fully saturated rings. The van der Waals surface area contributed by atoms with E-state index >= 15 is 0 Å². The molecule has 178 valence electrons. The molecule has 0 bridgehead atoms. The second-order valence-corrected chi connectivity index (χ2v) is 8.46. The largest absolute Gasteiger partial charge is 0.482 e. The van der Waals surface area contributed by atoms with Crippen LogP contribution in [0.2, 0.25) is 0 Å². The Morgan fingerprint density at radius 2 is 1.74 bits per heavy atom. The number of benzene rings is 3. The maximum atomic E-state index is 13.2. The average Bonchev–Trinajstić information content (AvgIpc) is 2.88. The Kier molecular flexibility index (Phi) is 6.18. The molecule has 0 aromatic heterocycles. The summed E-state index contributed by atoms with van der Waals surface area (Å²) in [6, 6.07) is 18.1. The van der Waals surface area contributed by atoms with Gasteiger partial charge in [-0.15, -0.1) is 0 Å². The third-order valence-corrected chi connectivity index (χ3v) is 6.26. The Hall–Kier alpha value is -4.20. The van der Waals surface area contributed by atoms with Crippen LogP contribution in [0.4, 0.5) is 21.5 Å². The van der Waals surface area contributed by atoms with Gasteiger partial charge >= 0.3 is 0 Å². The van der Waals surface area contributed by atoms with Gasteiger partial charge in [0.1, 0.15) is 11.6 Å². The summed E-state index contributed by atoms with van der Waals surface area (Å²) in [5.41, 5.74) is 3.29. The molecule has 0 spiro atoms. The van der Waals surface area contributed by atoms with E-state index in [2.05, 4.69) is 5.32 Å². The van der Waals surface area contributed by atoms with Crippen LogP contribution in [-0.4, -0.2) is 37.4 Å². The van der Waals surface area contributed by atoms with Gasteiger partial charge in [-0.2, -0.15) is 0 Å². The van der Waals surface area contributed by atoms with Crippen molar-refractivity contribution in [2.45, 2.75) is 19.3 Å². The van der Waals surface area contributed by atoms with Crippen molar-refractivity contribution in [3.63, 3.8) is 0 Å². The van der Waals surface area contributed by atoms with Crippen LogP contribution in [0.5, 0.6) is 5.75 Å². The second kappa shape index (κ2) is 9.58. The second-order valence-electron chi connectivity index (χ2n) is 8.46. The zero-order valence-corrected chi connectivity index (χ0v) is 19.0. The lowest BCUT2D eigenvalue weighted by Crippen LogP contribution is -2.42. The first kappa shape index (κ1) is 22.6. The predicted octanol–water partition coefficient (Wildman–Crippen LogP) is 4.17. The molecule has 0 radical (unpaired) electrons. The molecule has 0 saturated carbocycles. The van der Waals surface area contributed by atoms with Gasteiger partial charge in [0, 0.05) is 36.4 Å². The van der Waals surface area contributed by atoms with Gasteiger partial charge in [-0.05, 0) is 66.9 Å². The van der Waals surface area contributed by atoms with Gasteiger partial charge in [0.15, 0.2) is 6.61 Å². The van der Waals surface area contributed by atoms with Crippen LogP contribution in [-0.2, 0) is 16.0 Å². The number of nitrogens with zero attached hydrogens (tertiary/aromatic N) is 2. The molecule has 7 nitrogen and oxygen atoms in total. The van der Waals surface area contributed by atoms with Crippen LogP contribution in [0.25, 0.3) is 0 Å². The number of amides is 3. The molecule has 2 aliphatic heterocycles. The monoisotopic (exact) mass is 473 g/mol. The number of halogens is 1. The maximum Gasteiger partial charge on any atom is 0.265 e. The number of fused-ring (bicyclic) bond motifs is 2. The normalized spacial score (nSPS) is 14.6. The van der Waals surface area contributed by atoms with E-state index in [9.17, 15) is 18.8 Å². The Balaban J connectivity index is 1.31. The van der Waals surface area contributed by atoms with Crippen LogP contribution in [0.1, 0.15) is 28.8 Å². The number of hydrogen-bond acceptors (Lipinski definition) is 4. The van der Waals surface area contributed by atoms with Gasteiger partial charge in [0.25, 0.3) is 11.8 Å². The summed E-state index contributed by atoms with van der Waals surface area (Å²) >= 11 is 0. The van der Waals surface area contributed by atoms with Crippen molar-refractivity contribution >= 4 is 34.8 Å². The van der Waals surface area contributed by atoms with E-state index in [0.717, 1.165) is 17.7 Å². The molecule has 2 aliphatic rings. The SMILES string of the molecule is O=C(Nc1cccc2c1CCCN2C(=O)CCN1C(=O)COc2ccccc21)c1ccc(F)cc1. The van der Waals surface area contributed by atoms with Gasteiger partial charge in [-0.25, -0.2) is 4.39 Å². The van der Waals surface area contributed by atoms with Crippen molar-refractivity contribution in [3.8, 4) is 5.75 Å². The molecule has 0 unspecified atom stereocenters. The zero-order valence-electron chi connectivity index (χ0n) is 19.0. The van der Waals surface area contributed by atoms with Crippen LogP contribution >= 0.6 is 0 Å². The van der Waals surface area contributed by atoms with Crippen molar-refractivity contribution in [2.75, 3.05) is 34.8 Å². The van der Waals surface area contributed by atoms with Crippen molar-refractivity contribution in [1.82, 2.24) is 0 Å². The summed E-state index contributed by atoms with van der Waals surface area (Å²) in [7, 11) is 0. The van der Waals surface area contributed by atoms with Crippen molar-refractivity contribution in [1.29, 1.82) is 0 Å². The highest BCUT2D eigenvalue weighted by molar-refractivity contribution is 6.06. The average molecular weight is 474 g/mol. The van der Waals surface area contributed by atoms with Gasteiger partial charge in [0.2, 0.25) is 5.91 Å². The van der Waals surface area contributed by atoms with Crippen molar-refractivity contribution in [3.05, 3.63) is 83.7 Å². The van der Waals surface area contributed by atoms with E-state index in [1.807, 2.05) is 24.3 Å². The van der Waals surface area contributed by atoms with E-state index in [1.165, 1.54) is 24.3 Å². The number of carbonyl (C=O) groups is 3. The molecular formula is C27H24FN3O4. The highest BCUT2D eigenvalue weighted by atomic mass is 19.1. The van der Waals surface area contributed by atoms with E-state index in [1.54, 1.807) is 28.0 Å². The van der Waals surface area contributed by atoms with Crippen molar-refractivity contribution in [2.24, 2.45) is 0 Å². The first-order valence-electron chi connectivity index (χ1n) is 11.5. The minimum atomic E-state index is -0.407. The Bertz CT molecular complexity index is 1290. The fraction of sp³-hybridized carbons (Fsp3) is 0.222. The summed E-state index contributed by atoms with van der Waals surface area (Å²) in [5.74, 6) is -0.392. The maximum absolute atomic E-state index is 13.2. The molecule has 3 amide bonds. The number of hydrogen-bond donors (Lipinski definition) is 1. The lowest BCUT2D eigenvalue weighted by Gasteiger charge is -2.33. The number of para-hydroxylation sites is 2. The lowest BCUT2D eigenvalue weighted by molar-refractivity contribution is -0.121. The molecular weight excluding hydrogens is 449 g/mol. The third-order valence-electron chi connectivity index (χ3n) is 6.26. The van der Waals surface area contributed by atoms with Crippen LogP contribution < -0.4 is 19.9 Å². The van der Waals surface area contributed by atoms with Gasteiger partial charge < -0.3 is 19.9 Å². The first-order chi connectivity index (χ1) is 17.0. The Morgan fingerprint density at radius 1 is 0.971 bits per heavy atom. The van der Waals surface area contributed by atoms with Crippen molar-refractivity contribution < 1.29 is 23.5 Å². The quantitative estimate of drug-likeness (QED) is 0.603. The molecule has 3 aromatic carbocycles. The summed E-state index contributed by atoms with van der Waals surface area (Å²) < 4.78 is 18.7. The fourth-order valence-electron chi connectivity index (χ4n) is 4.54. The number of carbonyl (C=O) groups excluding carboxylic acids is 3. The molecule has 0 saturated heterocycles.